The van der Waals surface area contributed by atoms with Crippen LogP contribution in [0.25, 0.3) is 0 Å². The van der Waals surface area contributed by atoms with Crippen LogP contribution in [-0.4, -0.2) is 58.8 Å². The number of rotatable bonds is 4. The molecule has 2 aromatic heterocycles. The SMILES string of the molecule is O=C(Cc1cccs1)N1CCN(C(=O)C2CC(c3ccncc3)NN2)CC1. The summed E-state index contributed by atoms with van der Waals surface area (Å²) >= 11 is 1.60. The largest absolute Gasteiger partial charge is 0.339 e. The summed E-state index contributed by atoms with van der Waals surface area (Å²) in [4.78, 5) is 34.1. The Morgan fingerprint density at radius 3 is 2.52 bits per heavy atom. The first kappa shape index (κ1) is 18.1. The van der Waals surface area contributed by atoms with Crippen LogP contribution in [0.15, 0.2) is 42.0 Å². The lowest BCUT2D eigenvalue weighted by atomic mass is 10.0. The summed E-state index contributed by atoms with van der Waals surface area (Å²) in [7, 11) is 0. The number of thiophene rings is 1. The molecule has 0 spiro atoms. The van der Waals surface area contributed by atoms with Gasteiger partial charge in [-0.05, 0) is 35.6 Å². The molecule has 0 aliphatic carbocycles. The highest BCUT2D eigenvalue weighted by Crippen LogP contribution is 2.23. The van der Waals surface area contributed by atoms with Gasteiger partial charge in [-0.2, -0.15) is 0 Å². The van der Waals surface area contributed by atoms with Crippen LogP contribution in [0.4, 0.5) is 0 Å². The topological polar surface area (TPSA) is 77.6 Å². The van der Waals surface area contributed by atoms with Gasteiger partial charge in [0.2, 0.25) is 11.8 Å². The summed E-state index contributed by atoms with van der Waals surface area (Å²) in [5.41, 5.74) is 7.45. The number of piperazine rings is 1. The number of hydrogen-bond donors (Lipinski definition) is 2. The molecule has 8 heteroatoms. The maximum Gasteiger partial charge on any atom is 0.241 e. The van der Waals surface area contributed by atoms with Crippen molar-refractivity contribution in [1.29, 1.82) is 0 Å². The first-order valence-electron chi connectivity index (χ1n) is 9.20. The van der Waals surface area contributed by atoms with E-state index in [-0.39, 0.29) is 23.9 Å². The second kappa shape index (κ2) is 8.16. The van der Waals surface area contributed by atoms with Crippen molar-refractivity contribution in [3.8, 4) is 0 Å². The molecule has 2 amide bonds. The van der Waals surface area contributed by atoms with Crippen LogP contribution in [0.2, 0.25) is 0 Å². The van der Waals surface area contributed by atoms with Gasteiger partial charge in [-0.1, -0.05) is 6.07 Å². The van der Waals surface area contributed by atoms with E-state index in [0.29, 0.717) is 39.0 Å². The smallest absolute Gasteiger partial charge is 0.241 e. The Balaban J connectivity index is 1.27. The zero-order valence-electron chi connectivity index (χ0n) is 15.0. The van der Waals surface area contributed by atoms with E-state index in [9.17, 15) is 9.59 Å². The molecule has 142 valence electrons. The van der Waals surface area contributed by atoms with Gasteiger partial charge >= 0.3 is 0 Å². The average molecular weight is 385 g/mol. The summed E-state index contributed by atoms with van der Waals surface area (Å²) < 4.78 is 0. The second-order valence-corrected chi connectivity index (χ2v) is 7.90. The van der Waals surface area contributed by atoms with Gasteiger partial charge < -0.3 is 9.80 Å². The zero-order chi connectivity index (χ0) is 18.6. The molecular weight excluding hydrogens is 362 g/mol. The molecule has 4 rings (SSSR count). The van der Waals surface area contributed by atoms with E-state index in [1.165, 1.54) is 0 Å². The molecule has 7 nitrogen and oxygen atoms in total. The Bertz CT molecular complexity index is 775. The number of hydrogen-bond acceptors (Lipinski definition) is 6. The van der Waals surface area contributed by atoms with Crippen LogP contribution in [0, 0.1) is 0 Å². The first-order chi connectivity index (χ1) is 13.2. The third kappa shape index (κ3) is 4.18. The number of pyridine rings is 1. The van der Waals surface area contributed by atoms with Gasteiger partial charge in [0, 0.05) is 49.5 Å². The molecule has 2 aromatic rings. The highest BCUT2D eigenvalue weighted by molar-refractivity contribution is 7.10. The lowest BCUT2D eigenvalue weighted by Crippen LogP contribution is -2.54. The number of hydrazine groups is 1. The Morgan fingerprint density at radius 2 is 1.81 bits per heavy atom. The molecule has 0 saturated carbocycles. The minimum atomic E-state index is -0.239. The lowest BCUT2D eigenvalue weighted by molar-refractivity contribution is -0.140. The quantitative estimate of drug-likeness (QED) is 0.820. The molecule has 0 bridgehead atoms. The number of carbonyl (C=O) groups excluding carboxylic acids is 2. The van der Waals surface area contributed by atoms with Crippen LogP contribution >= 0.6 is 11.3 Å². The van der Waals surface area contributed by atoms with Crippen molar-refractivity contribution >= 4 is 23.2 Å². The van der Waals surface area contributed by atoms with Crippen LogP contribution in [-0.2, 0) is 16.0 Å². The van der Waals surface area contributed by atoms with E-state index in [0.717, 1.165) is 10.4 Å². The zero-order valence-corrected chi connectivity index (χ0v) is 15.8. The standard InChI is InChI=1S/C19H23N5O2S/c25-18(12-15-2-1-11-27-15)23-7-9-24(10-8-23)19(26)17-13-16(21-22-17)14-3-5-20-6-4-14/h1-6,11,16-17,21-22H,7-10,12-13H2. The van der Waals surface area contributed by atoms with Crippen LogP contribution in [0.5, 0.6) is 0 Å². The molecule has 2 aliphatic heterocycles. The monoisotopic (exact) mass is 385 g/mol. The number of amides is 2. The van der Waals surface area contributed by atoms with Crippen molar-refractivity contribution in [2.45, 2.75) is 24.9 Å². The average Bonchev–Trinajstić information content (AvgIpc) is 3.40. The third-order valence-electron chi connectivity index (χ3n) is 5.16. The molecule has 2 atom stereocenters. The molecule has 2 fully saturated rings. The van der Waals surface area contributed by atoms with Crippen molar-refractivity contribution in [3.05, 3.63) is 52.5 Å². The normalized spacial score (nSPS) is 22.8. The Hall–Kier alpha value is -2.29. The molecule has 4 heterocycles. The Kier molecular flexibility index (Phi) is 5.47. The predicted molar refractivity (Wildman–Crippen MR) is 103 cm³/mol. The van der Waals surface area contributed by atoms with Gasteiger partial charge in [-0.15, -0.1) is 11.3 Å². The molecule has 2 N–H and O–H groups in total. The summed E-state index contributed by atoms with van der Waals surface area (Å²) in [6, 6.07) is 7.74. The Labute approximate surface area is 162 Å². The number of nitrogens with zero attached hydrogens (tertiary/aromatic N) is 3. The fraction of sp³-hybridized carbons (Fsp3) is 0.421. The van der Waals surface area contributed by atoms with Crippen molar-refractivity contribution in [2.24, 2.45) is 0 Å². The molecule has 0 aromatic carbocycles. The number of carbonyl (C=O) groups is 2. The first-order valence-corrected chi connectivity index (χ1v) is 10.1. The predicted octanol–water partition coefficient (Wildman–Crippen LogP) is 0.964. The van der Waals surface area contributed by atoms with Crippen molar-refractivity contribution in [2.75, 3.05) is 26.2 Å². The molecular formula is C19H23N5O2S. The van der Waals surface area contributed by atoms with E-state index in [1.807, 2.05) is 39.4 Å². The third-order valence-corrected chi connectivity index (χ3v) is 6.04. The van der Waals surface area contributed by atoms with E-state index < -0.39 is 0 Å². The van der Waals surface area contributed by atoms with E-state index in [1.54, 1.807) is 23.7 Å². The molecule has 2 aliphatic rings. The van der Waals surface area contributed by atoms with E-state index in [4.69, 9.17) is 0 Å². The van der Waals surface area contributed by atoms with Crippen LogP contribution in [0.3, 0.4) is 0 Å². The molecule has 2 unspecified atom stereocenters. The Morgan fingerprint density at radius 1 is 1.07 bits per heavy atom. The minimum absolute atomic E-state index is 0.101. The maximum absolute atomic E-state index is 12.8. The van der Waals surface area contributed by atoms with Crippen LogP contribution in [0.1, 0.15) is 22.9 Å². The van der Waals surface area contributed by atoms with E-state index >= 15 is 0 Å². The highest BCUT2D eigenvalue weighted by atomic mass is 32.1. The fourth-order valence-corrected chi connectivity index (χ4v) is 4.30. The van der Waals surface area contributed by atoms with Gasteiger partial charge in [0.05, 0.1) is 6.42 Å². The van der Waals surface area contributed by atoms with Crippen molar-refractivity contribution in [1.82, 2.24) is 25.6 Å². The molecule has 2 saturated heterocycles. The highest BCUT2D eigenvalue weighted by Gasteiger charge is 2.34. The number of nitrogens with one attached hydrogen (secondary N) is 2. The lowest BCUT2D eigenvalue weighted by Gasteiger charge is -2.35. The van der Waals surface area contributed by atoms with Gasteiger partial charge in [-0.3, -0.25) is 14.6 Å². The molecule has 27 heavy (non-hydrogen) atoms. The summed E-state index contributed by atoms with van der Waals surface area (Å²) in [6.07, 6.45) is 4.69. The molecule has 0 radical (unpaired) electrons. The van der Waals surface area contributed by atoms with Crippen molar-refractivity contribution in [3.63, 3.8) is 0 Å². The number of aromatic nitrogens is 1. The van der Waals surface area contributed by atoms with Gasteiger partial charge in [0.25, 0.3) is 0 Å². The van der Waals surface area contributed by atoms with Crippen molar-refractivity contribution < 1.29 is 9.59 Å². The maximum atomic E-state index is 12.8. The second-order valence-electron chi connectivity index (χ2n) is 6.87. The summed E-state index contributed by atoms with van der Waals surface area (Å²) in [5, 5.41) is 1.99. The summed E-state index contributed by atoms with van der Waals surface area (Å²) in [6.45, 7) is 2.38. The van der Waals surface area contributed by atoms with Crippen LogP contribution < -0.4 is 10.9 Å². The van der Waals surface area contributed by atoms with E-state index in [2.05, 4.69) is 15.8 Å². The van der Waals surface area contributed by atoms with Gasteiger partial charge in [0.1, 0.15) is 6.04 Å². The fourth-order valence-electron chi connectivity index (χ4n) is 3.60. The minimum Gasteiger partial charge on any atom is -0.339 e. The van der Waals surface area contributed by atoms with Gasteiger partial charge in [-0.25, -0.2) is 10.9 Å². The van der Waals surface area contributed by atoms with Gasteiger partial charge in [0.15, 0.2) is 0 Å². The summed E-state index contributed by atoms with van der Waals surface area (Å²) in [5.74, 6) is 0.243.